The van der Waals surface area contributed by atoms with Gasteiger partial charge in [0.2, 0.25) is 0 Å². The van der Waals surface area contributed by atoms with Gasteiger partial charge in [-0.1, -0.05) is 25.1 Å². The van der Waals surface area contributed by atoms with E-state index in [0.29, 0.717) is 17.1 Å². The van der Waals surface area contributed by atoms with E-state index in [-0.39, 0.29) is 4.90 Å². The smallest absolute Gasteiger partial charge is 0.265 e. The van der Waals surface area contributed by atoms with E-state index in [1.54, 1.807) is 13.8 Å². The summed E-state index contributed by atoms with van der Waals surface area (Å²) in [5.74, 6) is 0. The predicted molar refractivity (Wildman–Crippen MR) is 79.4 cm³/mol. The lowest BCUT2D eigenvalue weighted by atomic mass is 10.1. The number of aromatic nitrogens is 2. The van der Waals surface area contributed by atoms with Crippen LogP contribution in [0, 0.1) is 20.8 Å². The molecular formula is C14H19N3O2S. The summed E-state index contributed by atoms with van der Waals surface area (Å²) >= 11 is 0. The molecule has 0 aliphatic carbocycles. The molecule has 0 spiro atoms. The molecule has 6 heteroatoms. The molecule has 108 valence electrons. The fourth-order valence-corrected chi connectivity index (χ4v) is 3.84. The Bertz CT molecular complexity index is 713. The fraction of sp³-hybridized carbons (Fsp3) is 0.357. The van der Waals surface area contributed by atoms with E-state index < -0.39 is 10.0 Å². The third kappa shape index (κ3) is 2.56. The van der Waals surface area contributed by atoms with Crippen molar-refractivity contribution in [3.63, 3.8) is 0 Å². The Balaban J connectivity index is 2.50. The molecule has 2 aromatic rings. The van der Waals surface area contributed by atoms with E-state index in [9.17, 15) is 8.42 Å². The van der Waals surface area contributed by atoms with Crippen LogP contribution >= 0.6 is 0 Å². The number of aryl methyl sites for hydroxylation is 4. The van der Waals surface area contributed by atoms with E-state index in [1.165, 1.54) is 0 Å². The van der Waals surface area contributed by atoms with Crippen molar-refractivity contribution in [3.05, 3.63) is 40.7 Å². The third-order valence-corrected chi connectivity index (χ3v) is 4.92. The lowest BCUT2D eigenvalue weighted by Crippen LogP contribution is -2.16. The van der Waals surface area contributed by atoms with Crippen LogP contribution in [0.25, 0.3) is 0 Å². The van der Waals surface area contributed by atoms with Gasteiger partial charge in [-0.3, -0.25) is 9.82 Å². The van der Waals surface area contributed by atoms with Crippen LogP contribution in [0.15, 0.2) is 23.1 Å². The number of benzene rings is 1. The number of H-pyrrole nitrogens is 1. The molecule has 0 atom stereocenters. The summed E-state index contributed by atoms with van der Waals surface area (Å²) < 4.78 is 27.8. The molecule has 0 saturated carbocycles. The number of sulfonamides is 1. The second-order valence-corrected chi connectivity index (χ2v) is 6.45. The van der Waals surface area contributed by atoms with Crippen LogP contribution in [-0.4, -0.2) is 18.6 Å². The van der Waals surface area contributed by atoms with Crippen LogP contribution in [0.4, 0.5) is 5.69 Å². The summed E-state index contributed by atoms with van der Waals surface area (Å²) in [4.78, 5) is 0.225. The molecule has 0 aliphatic heterocycles. The molecule has 1 aromatic carbocycles. The number of hydrogen-bond donors (Lipinski definition) is 2. The molecule has 5 nitrogen and oxygen atoms in total. The van der Waals surface area contributed by atoms with E-state index in [1.807, 2.05) is 32.0 Å². The maximum atomic E-state index is 12.6. The Morgan fingerprint density at radius 1 is 1.25 bits per heavy atom. The Labute approximate surface area is 119 Å². The number of para-hydroxylation sites is 1. The topological polar surface area (TPSA) is 74.8 Å². The van der Waals surface area contributed by atoms with Gasteiger partial charge in [-0.25, -0.2) is 8.42 Å². The summed E-state index contributed by atoms with van der Waals surface area (Å²) in [5, 5.41) is 6.65. The number of nitrogens with zero attached hydrogens (tertiary/aromatic N) is 1. The molecule has 2 N–H and O–H groups in total. The number of anilines is 1. The van der Waals surface area contributed by atoms with Gasteiger partial charge < -0.3 is 0 Å². The molecule has 1 aromatic heterocycles. The molecule has 1 heterocycles. The Morgan fingerprint density at radius 3 is 2.50 bits per heavy atom. The zero-order valence-corrected chi connectivity index (χ0v) is 12.9. The molecule has 0 unspecified atom stereocenters. The Hall–Kier alpha value is -1.82. The van der Waals surface area contributed by atoms with Crippen LogP contribution < -0.4 is 4.72 Å². The molecule has 0 bridgehead atoms. The van der Waals surface area contributed by atoms with E-state index in [2.05, 4.69) is 14.9 Å². The zero-order valence-electron chi connectivity index (χ0n) is 12.1. The van der Waals surface area contributed by atoms with E-state index >= 15 is 0 Å². The monoisotopic (exact) mass is 293 g/mol. The van der Waals surface area contributed by atoms with Crippen LogP contribution in [0.3, 0.4) is 0 Å². The highest BCUT2D eigenvalue weighted by molar-refractivity contribution is 7.92. The van der Waals surface area contributed by atoms with Gasteiger partial charge in [0.05, 0.1) is 17.1 Å². The lowest BCUT2D eigenvalue weighted by Gasteiger charge is -2.14. The molecule has 0 aliphatic rings. The Kier molecular flexibility index (Phi) is 3.85. The number of nitrogens with one attached hydrogen (secondary N) is 2. The van der Waals surface area contributed by atoms with Gasteiger partial charge in [-0.05, 0) is 38.3 Å². The van der Waals surface area contributed by atoms with Crippen LogP contribution in [0.2, 0.25) is 0 Å². The summed E-state index contributed by atoms with van der Waals surface area (Å²) in [6.07, 6.45) is 0.767. The standard InChI is InChI=1S/C14H19N3O2S/c1-5-12-8-6-7-9(2)13(12)17-20(18,19)14-10(3)15-16-11(14)4/h6-8,17H,5H2,1-4H3,(H,15,16). The molecule has 0 saturated heterocycles. The van der Waals surface area contributed by atoms with E-state index in [0.717, 1.165) is 17.5 Å². The normalized spacial score (nSPS) is 11.6. The quantitative estimate of drug-likeness (QED) is 0.910. The molecule has 0 amide bonds. The summed E-state index contributed by atoms with van der Waals surface area (Å²) in [5.41, 5.74) is 3.57. The number of rotatable bonds is 4. The first kappa shape index (κ1) is 14.6. The van der Waals surface area contributed by atoms with Gasteiger partial charge in [0.25, 0.3) is 10.0 Å². The fourth-order valence-electron chi connectivity index (χ4n) is 2.29. The number of aromatic amines is 1. The number of hydrogen-bond acceptors (Lipinski definition) is 3. The van der Waals surface area contributed by atoms with Crippen molar-refractivity contribution >= 4 is 15.7 Å². The van der Waals surface area contributed by atoms with Gasteiger partial charge in [0.1, 0.15) is 4.90 Å². The molecule has 20 heavy (non-hydrogen) atoms. The minimum absolute atomic E-state index is 0.225. The van der Waals surface area contributed by atoms with E-state index in [4.69, 9.17) is 0 Å². The van der Waals surface area contributed by atoms with Crippen molar-refractivity contribution in [2.75, 3.05) is 4.72 Å². The van der Waals surface area contributed by atoms with Crippen molar-refractivity contribution < 1.29 is 8.42 Å². The molecule has 0 fully saturated rings. The van der Waals surface area contributed by atoms with Crippen molar-refractivity contribution in [2.45, 2.75) is 39.0 Å². The minimum Gasteiger partial charge on any atom is -0.281 e. The average Bonchev–Trinajstić information content (AvgIpc) is 2.72. The first-order valence-corrected chi connectivity index (χ1v) is 7.98. The third-order valence-electron chi connectivity index (χ3n) is 3.31. The van der Waals surface area contributed by atoms with Crippen molar-refractivity contribution in [2.24, 2.45) is 0 Å². The van der Waals surface area contributed by atoms with Gasteiger partial charge in [0.15, 0.2) is 0 Å². The highest BCUT2D eigenvalue weighted by Gasteiger charge is 2.23. The van der Waals surface area contributed by atoms with Crippen LogP contribution in [0.5, 0.6) is 0 Å². The minimum atomic E-state index is -3.63. The van der Waals surface area contributed by atoms with Crippen LogP contribution in [-0.2, 0) is 16.4 Å². The first-order chi connectivity index (χ1) is 9.36. The summed E-state index contributed by atoms with van der Waals surface area (Å²) in [6.45, 7) is 7.27. The maximum Gasteiger partial charge on any atom is 0.265 e. The summed E-state index contributed by atoms with van der Waals surface area (Å²) in [7, 11) is -3.63. The zero-order chi connectivity index (χ0) is 14.9. The Morgan fingerprint density at radius 2 is 1.95 bits per heavy atom. The average molecular weight is 293 g/mol. The van der Waals surface area contributed by atoms with Crippen molar-refractivity contribution in [3.8, 4) is 0 Å². The largest absolute Gasteiger partial charge is 0.281 e. The molecular weight excluding hydrogens is 274 g/mol. The second kappa shape index (κ2) is 5.28. The van der Waals surface area contributed by atoms with Gasteiger partial charge in [-0.2, -0.15) is 5.10 Å². The maximum absolute atomic E-state index is 12.6. The SMILES string of the molecule is CCc1cccc(C)c1NS(=O)(=O)c1c(C)n[nH]c1C. The van der Waals surface area contributed by atoms with Gasteiger partial charge in [-0.15, -0.1) is 0 Å². The highest BCUT2D eigenvalue weighted by Crippen LogP contribution is 2.26. The molecule has 2 rings (SSSR count). The lowest BCUT2D eigenvalue weighted by molar-refractivity contribution is 0.600. The first-order valence-electron chi connectivity index (χ1n) is 6.49. The van der Waals surface area contributed by atoms with Crippen molar-refractivity contribution in [1.82, 2.24) is 10.2 Å². The van der Waals surface area contributed by atoms with Gasteiger partial charge >= 0.3 is 0 Å². The predicted octanol–water partition coefficient (Wildman–Crippen LogP) is 2.70. The highest BCUT2D eigenvalue weighted by atomic mass is 32.2. The summed E-state index contributed by atoms with van der Waals surface area (Å²) in [6, 6.07) is 5.76. The van der Waals surface area contributed by atoms with Gasteiger partial charge in [0, 0.05) is 0 Å². The van der Waals surface area contributed by atoms with Crippen LogP contribution in [0.1, 0.15) is 29.4 Å². The second-order valence-electron chi connectivity index (χ2n) is 4.83. The molecule has 0 radical (unpaired) electrons. The van der Waals surface area contributed by atoms with Crippen molar-refractivity contribution in [1.29, 1.82) is 0 Å².